The second kappa shape index (κ2) is 6.44. The van der Waals surface area contributed by atoms with E-state index in [0.717, 1.165) is 25.1 Å². The SMILES string of the molecule is CNCc1ccc(SCC2(CC(=O)OC)CC2)cc1. The predicted octanol–water partition coefficient (Wildman–Crippen LogP) is 2.84. The molecular weight excluding hydrogens is 258 g/mol. The summed E-state index contributed by atoms with van der Waals surface area (Å²) in [6, 6.07) is 8.62. The average molecular weight is 279 g/mol. The molecule has 19 heavy (non-hydrogen) atoms. The number of thioether (sulfide) groups is 1. The van der Waals surface area contributed by atoms with Gasteiger partial charge in [0.2, 0.25) is 0 Å². The van der Waals surface area contributed by atoms with Crippen LogP contribution >= 0.6 is 11.8 Å². The lowest BCUT2D eigenvalue weighted by molar-refractivity contribution is -0.141. The molecule has 4 heteroatoms. The molecule has 0 amide bonds. The number of carbonyl (C=O) groups is 1. The third-order valence-corrected chi connectivity index (χ3v) is 4.92. The minimum atomic E-state index is -0.0810. The summed E-state index contributed by atoms with van der Waals surface area (Å²) >= 11 is 1.84. The molecule has 1 aromatic carbocycles. The Bertz CT molecular complexity index is 426. The molecule has 0 heterocycles. The minimum absolute atomic E-state index is 0.0810. The molecule has 0 radical (unpaired) electrons. The molecule has 0 aromatic heterocycles. The zero-order valence-electron chi connectivity index (χ0n) is 11.6. The van der Waals surface area contributed by atoms with Crippen LogP contribution < -0.4 is 5.32 Å². The zero-order valence-corrected chi connectivity index (χ0v) is 12.4. The molecule has 1 aliphatic rings. The first-order valence-electron chi connectivity index (χ1n) is 6.61. The lowest BCUT2D eigenvalue weighted by Gasteiger charge is -2.13. The smallest absolute Gasteiger partial charge is 0.306 e. The van der Waals surface area contributed by atoms with E-state index >= 15 is 0 Å². The van der Waals surface area contributed by atoms with Crippen LogP contribution in [0, 0.1) is 5.41 Å². The Morgan fingerprint density at radius 1 is 1.37 bits per heavy atom. The number of rotatable bonds is 7. The number of nitrogens with one attached hydrogen (secondary N) is 1. The molecule has 1 N–H and O–H groups in total. The maximum atomic E-state index is 11.4. The van der Waals surface area contributed by atoms with Crippen molar-refractivity contribution in [3.63, 3.8) is 0 Å². The van der Waals surface area contributed by atoms with Crippen LogP contribution in [-0.4, -0.2) is 25.9 Å². The third-order valence-electron chi connectivity index (χ3n) is 3.55. The van der Waals surface area contributed by atoms with Crippen LogP contribution in [-0.2, 0) is 16.1 Å². The normalized spacial score (nSPS) is 16.1. The second-order valence-electron chi connectivity index (χ2n) is 5.22. The number of ether oxygens (including phenoxy) is 1. The highest BCUT2D eigenvalue weighted by molar-refractivity contribution is 7.99. The molecule has 1 fully saturated rings. The van der Waals surface area contributed by atoms with Gasteiger partial charge in [-0.2, -0.15) is 0 Å². The van der Waals surface area contributed by atoms with Gasteiger partial charge >= 0.3 is 5.97 Å². The minimum Gasteiger partial charge on any atom is -0.469 e. The van der Waals surface area contributed by atoms with Crippen molar-refractivity contribution in [3.8, 4) is 0 Å². The molecule has 0 aliphatic heterocycles. The van der Waals surface area contributed by atoms with E-state index in [9.17, 15) is 4.79 Å². The number of benzene rings is 1. The van der Waals surface area contributed by atoms with Crippen LogP contribution in [0.1, 0.15) is 24.8 Å². The van der Waals surface area contributed by atoms with Gasteiger partial charge in [-0.1, -0.05) is 12.1 Å². The number of esters is 1. The van der Waals surface area contributed by atoms with E-state index in [2.05, 4.69) is 29.6 Å². The molecule has 0 unspecified atom stereocenters. The van der Waals surface area contributed by atoms with Gasteiger partial charge in [-0.05, 0) is 43.0 Å². The quantitative estimate of drug-likeness (QED) is 0.615. The van der Waals surface area contributed by atoms with Gasteiger partial charge in [0.1, 0.15) is 0 Å². The lowest BCUT2D eigenvalue weighted by atomic mass is 10.1. The zero-order chi connectivity index (χ0) is 13.7. The van der Waals surface area contributed by atoms with Crippen LogP contribution in [0.3, 0.4) is 0 Å². The van der Waals surface area contributed by atoms with Crippen molar-refractivity contribution in [2.24, 2.45) is 5.41 Å². The molecule has 0 atom stereocenters. The van der Waals surface area contributed by atoms with Gasteiger partial charge in [-0.15, -0.1) is 11.8 Å². The van der Waals surface area contributed by atoms with Crippen LogP contribution in [0.25, 0.3) is 0 Å². The van der Waals surface area contributed by atoms with Crippen LogP contribution in [0.5, 0.6) is 0 Å². The Balaban J connectivity index is 1.83. The topological polar surface area (TPSA) is 38.3 Å². The molecule has 104 valence electrons. The first-order valence-corrected chi connectivity index (χ1v) is 7.59. The maximum absolute atomic E-state index is 11.4. The molecule has 2 rings (SSSR count). The van der Waals surface area contributed by atoms with Crippen molar-refractivity contribution in [1.29, 1.82) is 0 Å². The van der Waals surface area contributed by atoms with Gasteiger partial charge < -0.3 is 10.1 Å². The van der Waals surface area contributed by atoms with Crippen molar-refractivity contribution < 1.29 is 9.53 Å². The second-order valence-corrected chi connectivity index (χ2v) is 6.26. The summed E-state index contributed by atoms with van der Waals surface area (Å²) in [5.74, 6) is 0.926. The molecule has 0 spiro atoms. The Labute approximate surface area is 119 Å². The number of methoxy groups -OCH3 is 1. The van der Waals surface area contributed by atoms with Crippen LogP contribution in [0.15, 0.2) is 29.2 Å². The summed E-state index contributed by atoms with van der Waals surface area (Å²) < 4.78 is 4.77. The van der Waals surface area contributed by atoms with Crippen molar-refractivity contribution in [2.75, 3.05) is 19.9 Å². The van der Waals surface area contributed by atoms with Crippen molar-refractivity contribution >= 4 is 17.7 Å². The van der Waals surface area contributed by atoms with Crippen molar-refractivity contribution in [2.45, 2.75) is 30.7 Å². The predicted molar refractivity (Wildman–Crippen MR) is 78.2 cm³/mol. The summed E-state index contributed by atoms with van der Waals surface area (Å²) in [5.41, 5.74) is 1.49. The fourth-order valence-electron chi connectivity index (χ4n) is 2.07. The molecule has 0 saturated heterocycles. The Morgan fingerprint density at radius 2 is 2.05 bits per heavy atom. The first-order chi connectivity index (χ1) is 9.17. The lowest BCUT2D eigenvalue weighted by Crippen LogP contribution is -2.12. The van der Waals surface area contributed by atoms with Gasteiger partial charge in [0, 0.05) is 17.2 Å². The van der Waals surface area contributed by atoms with Crippen molar-refractivity contribution in [1.82, 2.24) is 5.32 Å². The van der Waals surface area contributed by atoms with E-state index in [1.165, 1.54) is 17.6 Å². The highest BCUT2D eigenvalue weighted by atomic mass is 32.2. The maximum Gasteiger partial charge on any atom is 0.306 e. The van der Waals surface area contributed by atoms with E-state index in [0.29, 0.717) is 6.42 Å². The fourth-order valence-corrected chi connectivity index (χ4v) is 3.26. The van der Waals surface area contributed by atoms with Gasteiger partial charge in [0.25, 0.3) is 0 Å². The number of hydrogen-bond donors (Lipinski definition) is 1. The Morgan fingerprint density at radius 3 is 2.58 bits per heavy atom. The van der Waals surface area contributed by atoms with Crippen LogP contribution in [0.2, 0.25) is 0 Å². The van der Waals surface area contributed by atoms with Gasteiger partial charge in [-0.3, -0.25) is 4.79 Å². The van der Waals surface area contributed by atoms with E-state index in [1.807, 2.05) is 18.8 Å². The number of carbonyl (C=O) groups excluding carboxylic acids is 1. The molecule has 1 aromatic rings. The molecule has 0 bridgehead atoms. The Hall–Kier alpha value is -1.00. The highest BCUT2D eigenvalue weighted by Crippen LogP contribution is 2.52. The first kappa shape index (κ1) is 14.4. The standard InChI is InChI=1S/C15H21NO2S/c1-16-10-12-3-5-13(6-4-12)19-11-15(7-8-15)9-14(17)18-2/h3-6,16H,7-11H2,1-2H3. The molecule has 3 nitrogen and oxygen atoms in total. The summed E-state index contributed by atoms with van der Waals surface area (Å²) in [4.78, 5) is 12.6. The van der Waals surface area contributed by atoms with Gasteiger partial charge in [0.05, 0.1) is 13.5 Å². The van der Waals surface area contributed by atoms with E-state index < -0.39 is 0 Å². The largest absolute Gasteiger partial charge is 0.469 e. The summed E-state index contributed by atoms with van der Waals surface area (Å²) in [5, 5.41) is 3.14. The summed E-state index contributed by atoms with van der Waals surface area (Å²) in [6.45, 7) is 0.900. The summed E-state index contributed by atoms with van der Waals surface area (Å²) in [7, 11) is 3.42. The number of hydrogen-bond acceptors (Lipinski definition) is 4. The van der Waals surface area contributed by atoms with Crippen molar-refractivity contribution in [3.05, 3.63) is 29.8 Å². The van der Waals surface area contributed by atoms with E-state index in [1.54, 1.807) is 0 Å². The molecular formula is C15H21NO2S. The Kier molecular flexibility index (Phi) is 4.88. The van der Waals surface area contributed by atoms with E-state index in [4.69, 9.17) is 4.74 Å². The van der Waals surface area contributed by atoms with Gasteiger partial charge in [-0.25, -0.2) is 0 Å². The van der Waals surface area contributed by atoms with E-state index in [-0.39, 0.29) is 11.4 Å². The monoisotopic (exact) mass is 279 g/mol. The van der Waals surface area contributed by atoms with Gasteiger partial charge in [0.15, 0.2) is 0 Å². The van der Waals surface area contributed by atoms with Crippen LogP contribution in [0.4, 0.5) is 0 Å². The fraction of sp³-hybridized carbons (Fsp3) is 0.533. The third kappa shape index (κ3) is 4.25. The summed E-state index contributed by atoms with van der Waals surface area (Å²) in [6.07, 6.45) is 2.86. The molecule has 1 aliphatic carbocycles. The highest BCUT2D eigenvalue weighted by Gasteiger charge is 2.44. The average Bonchev–Trinajstić information content (AvgIpc) is 3.18. The molecule has 1 saturated carbocycles.